The maximum absolute atomic E-state index is 13.7. The van der Waals surface area contributed by atoms with Gasteiger partial charge in [-0.1, -0.05) is 18.0 Å². The van der Waals surface area contributed by atoms with E-state index in [9.17, 15) is 9.18 Å². The van der Waals surface area contributed by atoms with Crippen LogP contribution in [0.4, 0.5) is 4.39 Å². The zero-order valence-electron chi connectivity index (χ0n) is 11.5. The lowest BCUT2D eigenvalue weighted by molar-refractivity contribution is 0.0911. The number of halogens is 2. The smallest absolute Gasteiger partial charge is 0.254 e. The van der Waals surface area contributed by atoms with E-state index in [1.165, 1.54) is 43.9 Å². The van der Waals surface area contributed by atoms with Gasteiger partial charge in [-0.15, -0.1) is 0 Å². The minimum Gasteiger partial charge on any atom is -0.349 e. The fourth-order valence-corrected chi connectivity index (χ4v) is 4.14. The van der Waals surface area contributed by atoms with E-state index in [4.69, 9.17) is 11.6 Å². The number of rotatable bonds is 3. The van der Waals surface area contributed by atoms with Crippen molar-refractivity contribution < 1.29 is 9.18 Å². The summed E-state index contributed by atoms with van der Waals surface area (Å²) in [7, 11) is 0. The first kappa shape index (κ1) is 13.9. The van der Waals surface area contributed by atoms with Gasteiger partial charge in [0.1, 0.15) is 5.82 Å². The molecular formula is C16H19ClFNO. The molecular weight excluding hydrogens is 277 g/mol. The van der Waals surface area contributed by atoms with Crippen molar-refractivity contribution in [3.8, 4) is 0 Å². The average Bonchev–Trinajstić information content (AvgIpc) is 3.03. The Balaban J connectivity index is 1.68. The van der Waals surface area contributed by atoms with Crippen LogP contribution in [-0.2, 0) is 0 Å². The minimum absolute atomic E-state index is 0.0347. The summed E-state index contributed by atoms with van der Waals surface area (Å²) < 4.78 is 13.7. The topological polar surface area (TPSA) is 29.1 Å². The fraction of sp³-hybridized carbons (Fsp3) is 0.562. The van der Waals surface area contributed by atoms with E-state index in [-0.39, 0.29) is 17.5 Å². The summed E-state index contributed by atoms with van der Waals surface area (Å²) in [6.07, 6.45) is 5.12. The number of fused-ring (bicyclic) bond motifs is 2. The highest BCUT2D eigenvalue weighted by Gasteiger charge is 2.42. The molecule has 2 aliphatic carbocycles. The molecule has 20 heavy (non-hydrogen) atoms. The van der Waals surface area contributed by atoms with E-state index in [1.807, 2.05) is 6.92 Å². The third-order valence-corrected chi connectivity index (χ3v) is 5.20. The highest BCUT2D eigenvalue weighted by molar-refractivity contribution is 6.31. The average molecular weight is 296 g/mol. The van der Waals surface area contributed by atoms with Crippen molar-refractivity contribution in [3.05, 3.63) is 34.6 Å². The van der Waals surface area contributed by atoms with Crippen LogP contribution in [0.3, 0.4) is 0 Å². The highest BCUT2D eigenvalue weighted by atomic mass is 35.5. The first-order valence-electron chi connectivity index (χ1n) is 7.30. The number of hydrogen-bond acceptors (Lipinski definition) is 1. The monoisotopic (exact) mass is 295 g/mol. The minimum atomic E-state index is -0.521. The van der Waals surface area contributed by atoms with Crippen molar-refractivity contribution in [2.24, 2.45) is 17.8 Å². The van der Waals surface area contributed by atoms with Crippen LogP contribution in [0.2, 0.25) is 5.02 Å². The maximum Gasteiger partial charge on any atom is 0.254 e. The molecule has 1 aromatic carbocycles. The summed E-state index contributed by atoms with van der Waals surface area (Å²) in [5, 5.41) is 3.33. The molecule has 0 spiro atoms. The molecule has 4 unspecified atom stereocenters. The van der Waals surface area contributed by atoms with Gasteiger partial charge in [0, 0.05) is 11.1 Å². The van der Waals surface area contributed by atoms with Crippen molar-refractivity contribution in [3.63, 3.8) is 0 Å². The van der Waals surface area contributed by atoms with E-state index in [0.717, 1.165) is 11.8 Å². The summed E-state index contributed by atoms with van der Waals surface area (Å²) in [5.41, 5.74) is 0.0347. The molecule has 1 amide bonds. The van der Waals surface area contributed by atoms with E-state index in [1.54, 1.807) is 0 Å². The van der Waals surface area contributed by atoms with E-state index in [0.29, 0.717) is 10.9 Å². The summed E-state index contributed by atoms with van der Waals surface area (Å²) in [5.74, 6) is 1.24. The first-order chi connectivity index (χ1) is 9.54. The van der Waals surface area contributed by atoms with Gasteiger partial charge < -0.3 is 5.32 Å². The van der Waals surface area contributed by atoms with Gasteiger partial charge >= 0.3 is 0 Å². The van der Waals surface area contributed by atoms with Crippen molar-refractivity contribution >= 4 is 17.5 Å². The Labute approximate surface area is 123 Å². The van der Waals surface area contributed by atoms with Crippen LogP contribution >= 0.6 is 11.6 Å². The second-order valence-electron chi connectivity index (χ2n) is 6.23. The largest absolute Gasteiger partial charge is 0.349 e. The van der Waals surface area contributed by atoms with E-state index >= 15 is 0 Å². The first-order valence-corrected chi connectivity index (χ1v) is 7.68. The molecule has 4 atom stereocenters. The molecule has 1 aromatic rings. The molecule has 0 heterocycles. The van der Waals surface area contributed by atoms with E-state index in [2.05, 4.69) is 5.32 Å². The Kier molecular flexibility index (Phi) is 3.72. The van der Waals surface area contributed by atoms with Gasteiger partial charge in [-0.25, -0.2) is 4.39 Å². The summed E-state index contributed by atoms with van der Waals surface area (Å²) in [6, 6.07) is 4.17. The van der Waals surface area contributed by atoms with Crippen molar-refractivity contribution in [1.29, 1.82) is 0 Å². The molecule has 3 rings (SSSR count). The van der Waals surface area contributed by atoms with E-state index < -0.39 is 5.82 Å². The molecule has 0 saturated heterocycles. The predicted octanol–water partition coefficient (Wildman–Crippen LogP) is 4.03. The maximum atomic E-state index is 13.7. The summed E-state index contributed by atoms with van der Waals surface area (Å²) in [4.78, 5) is 12.2. The number of benzene rings is 1. The normalized spacial score (nSPS) is 29.4. The fourth-order valence-electron chi connectivity index (χ4n) is 3.97. The number of nitrogens with one attached hydrogen (secondary N) is 1. The molecule has 1 N–H and O–H groups in total. The number of amides is 1. The molecule has 2 nitrogen and oxygen atoms in total. The lowest BCUT2D eigenvalue weighted by atomic mass is 9.84. The lowest BCUT2D eigenvalue weighted by Crippen LogP contribution is -2.40. The van der Waals surface area contributed by atoms with Crippen LogP contribution in [0, 0.1) is 23.6 Å². The second kappa shape index (κ2) is 5.36. The van der Waals surface area contributed by atoms with Gasteiger partial charge in [-0.05, 0) is 62.1 Å². The zero-order valence-corrected chi connectivity index (χ0v) is 12.3. The number of carbonyl (C=O) groups excluding carboxylic acids is 1. The predicted molar refractivity (Wildman–Crippen MR) is 77.3 cm³/mol. The molecule has 0 radical (unpaired) electrons. The number of carbonyl (C=O) groups is 1. The van der Waals surface area contributed by atoms with Crippen LogP contribution in [0.15, 0.2) is 18.2 Å². The Morgan fingerprint density at radius 1 is 1.40 bits per heavy atom. The molecule has 2 bridgehead atoms. The molecule has 2 aliphatic rings. The second-order valence-corrected chi connectivity index (χ2v) is 6.66. The molecule has 108 valence electrons. The summed E-state index contributed by atoms with van der Waals surface area (Å²) >= 11 is 5.83. The van der Waals surface area contributed by atoms with Gasteiger partial charge in [0.2, 0.25) is 0 Å². The van der Waals surface area contributed by atoms with Crippen LogP contribution in [0.5, 0.6) is 0 Å². The standard InChI is InChI=1S/C16H19ClFNO/c1-9(13-7-10-2-3-11(13)6-10)19-16(20)14-8-12(17)4-5-15(14)18/h4-5,8-11,13H,2-3,6-7H2,1H3,(H,19,20). The third kappa shape index (κ3) is 2.56. The van der Waals surface area contributed by atoms with Crippen molar-refractivity contribution in [2.75, 3.05) is 0 Å². The molecule has 2 saturated carbocycles. The molecule has 4 heteroatoms. The zero-order chi connectivity index (χ0) is 14.3. The van der Waals surface area contributed by atoms with Crippen LogP contribution in [-0.4, -0.2) is 11.9 Å². The molecule has 2 fully saturated rings. The van der Waals surface area contributed by atoms with Gasteiger partial charge in [-0.3, -0.25) is 4.79 Å². The Morgan fingerprint density at radius 3 is 2.85 bits per heavy atom. The van der Waals surface area contributed by atoms with Gasteiger partial charge in [0.15, 0.2) is 0 Å². The van der Waals surface area contributed by atoms with Crippen LogP contribution in [0.1, 0.15) is 43.0 Å². The van der Waals surface area contributed by atoms with Crippen LogP contribution < -0.4 is 5.32 Å². The Hall–Kier alpha value is -1.09. The van der Waals surface area contributed by atoms with Crippen molar-refractivity contribution in [1.82, 2.24) is 5.32 Å². The number of hydrogen-bond donors (Lipinski definition) is 1. The SMILES string of the molecule is CC(NC(=O)c1cc(Cl)ccc1F)C1CC2CCC1C2. The van der Waals surface area contributed by atoms with Crippen LogP contribution in [0.25, 0.3) is 0 Å². The third-order valence-electron chi connectivity index (χ3n) is 4.97. The Morgan fingerprint density at radius 2 is 2.20 bits per heavy atom. The highest BCUT2D eigenvalue weighted by Crippen LogP contribution is 2.49. The van der Waals surface area contributed by atoms with Crippen molar-refractivity contribution in [2.45, 2.75) is 38.6 Å². The quantitative estimate of drug-likeness (QED) is 0.896. The summed E-state index contributed by atoms with van der Waals surface area (Å²) in [6.45, 7) is 2.03. The molecule has 0 aromatic heterocycles. The molecule has 0 aliphatic heterocycles. The van der Waals surface area contributed by atoms with Gasteiger partial charge in [0.25, 0.3) is 5.91 Å². The van der Waals surface area contributed by atoms with Gasteiger partial charge in [0.05, 0.1) is 5.56 Å². The lowest BCUT2D eigenvalue weighted by Gasteiger charge is -2.28. The Bertz CT molecular complexity index is 533. The van der Waals surface area contributed by atoms with Gasteiger partial charge in [-0.2, -0.15) is 0 Å².